The first-order chi connectivity index (χ1) is 11.6. The standard InChI is InChI=1S/C20H33FN2O.2ClH/c1-16(2)15-19(20(24)17-7-9-18(21)10-8-17)22-11-6-14-23-12-4-3-5-13-23;;/h7-10,16,19-20,22,24H,3-6,11-15H2,1-2H3;2*1H. The molecule has 1 saturated heterocycles. The number of benzene rings is 1. The first kappa shape index (κ1) is 25.6. The molecule has 0 aliphatic carbocycles. The van der Waals surface area contributed by atoms with E-state index < -0.39 is 6.10 Å². The summed E-state index contributed by atoms with van der Waals surface area (Å²) in [4.78, 5) is 2.54. The summed E-state index contributed by atoms with van der Waals surface area (Å²) in [6.45, 7) is 8.83. The van der Waals surface area contributed by atoms with Crippen molar-refractivity contribution in [3.8, 4) is 0 Å². The lowest BCUT2D eigenvalue weighted by atomic mass is 9.94. The first-order valence-corrected chi connectivity index (χ1v) is 9.45. The highest BCUT2D eigenvalue weighted by Crippen LogP contribution is 2.22. The monoisotopic (exact) mass is 408 g/mol. The van der Waals surface area contributed by atoms with Crippen molar-refractivity contribution in [3.63, 3.8) is 0 Å². The zero-order chi connectivity index (χ0) is 17.4. The molecule has 1 aromatic rings. The summed E-state index contributed by atoms with van der Waals surface area (Å²) in [6, 6.07) is 6.21. The van der Waals surface area contributed by atoms with Crippen LogP contribution >= 0.6 is 24.8 Å². The van der Waals surface area contributed by atoms with Crippen LogP contribution in [0.15, 0.2) is 24.3 Å². The van der Waals surface area contributed by atoms with Crippen molar-refractivity contribution in [2.45, 2.75) is 58.1 Å². The number of likely N-dealkylation sites (tertiary alicyclic amines) is 1. The van der Waals surface area contributed by atoms with Crippen molar-refractivity contribution in [2.75, 3.05) is 26.2 Å². The maximum atomic E-state index is 13.1. The van der Waals surface area contributed by atoms with Gasteiger partial charge in [0.2, 0.25) is 0 Å². The van der Waals surface area contributed by atoms with Gasteiger partial charge in [-0.2, -0.15) is 0 Å². The van der Waals surface area contributed by atoms with Gasteiger partial charge in [-0.05, 0) is 75.5 Å². The van der Waals surface area contributed by atoms with E-state index in [1.54, 1.807) is 12.1 Å². The minimum absolute atomic E-state index is 0. The van der Waals surface area contributed by atoms with E-state index in [0.717, 1.165) is 31.5 Å². The number of halogens is 3. The van der Waals surface area contributed by atoms with E-state index in [9.17, 15) is 9.50 Å². The second-order valence-corrected chi connectivity index (χ2v) is 7.44. The molecular weight excluding hydrogens is 374 g/mol. The lowest BCUT2D eigenvalue weighted by Gasteiger charge is -2.28. The molecule has 6 heteroatoms. The molecule has 152 valence electrons. The predicted molar refractivity (Wildman–Crippen MR) is 112 cm³/mol. The molecule has 2 atom stereocenters. The number of aliphatic hydroxyl groups excluding tert-OH is 1. The van der Waals surface area contributed by atoms with Crippen molar-refractivity contribution in [1.82, 2.24) is 10.2 Å². The van der Waals surface area contributed by atoms with Crippen molar-refractivity contribution < 1.29 is 9.50 Å². The molecule has 1 fully saturated rings. The number of nitrogens with zero attached hydrogens (tertiary/aromatic N) is 1. The topological polar surface area (TPSA) is 35.5 Å². The summed E-state index contributed by atoms with van der Waals surface area (Å²) in [6.07, 6.45) is 5.43. The molecule has 1 heterocycles. The highest BCUT2D eigenvalue weighted by Gasteiger charge is 2.21. The average molecular weight is 409 g/mol. The van der Waals surface area contributed by atoms with Crippen LogP contribution in [0.1, 0.15) is 57.6 Å². The Kier molecular flexibility index (Phi) is 13.5. The van der Waals surface area contributed by atoms with Gasteiger partial charge in [-0.1, -0.05) is 32.4 Å². The molecule has 2 N–H and O–H groups in total. The fourth-order valence-corrected chi connectivity index (χ4v) is 3.50. The molecule has 1 aliphatic rings. The third-order valence-corrected chi connectivity index (χ3v) is 4.82. The molecule has 26 heavy (non-hydrogen) atoms. The van der Waals surface area contributed by atoms with Gasteiger partial charge in [-0.3, -0.25) is 0 Å². The van der Waals surface area contributed by atoms with E-state index in [1.807, 2.05) is 0 Å². The van der Waals surface area contributed by atoms with Crippen molar-refractivity contribution in [3.05, 3.63) is 35.6 Å². The van der Waals surface area contributed by atoms with Crippen LogP contribution in [0.4, 0.5) is 4.39 Å². The van der Waals surface area contributed by atoms with Crippen LogP contribution in [-0.2, 0) is 0 Å². The SMILES string of the molecule is CC(C)CC(NCCCN1CCCCC1)C(O)c1ccc(F)cc1.Cl.Cl. The lowest BCUT2D eigenvalue weighted by molar-refractivity contribution is 0.115. The maximum absolute atomic E-state index is 13.1. The molecule has 0 amide bonds. The first-order valence-electron chi connectivity index (χ1n) is 9.45. The molecule has 0 aromatic heterocycles. The normalized spacial score (nSPS) is 17.3. The number of rotatable bonds is 9. The maximum Gasteiger partial charge on any atom is 0.123 e. The minimum atomic E-state index is -0.594. The van der Waals surface area contributed by atoms with E-state index in [-0.39, 0.29) is 36.7 Å². The third-order valence-electron chi connectivity index (χ3n) is 4.82. The van der Waals surface area contributed by atoms with Crippen LogP contribution in [0.2, 0.25) is 0 Å². The van der Waals surface area contributed by atoms with E-state index in [0.29, 0.717) is 5.92 Å². The highest BCUT2D eigenvalue weighted by molar-refractivity contribution is 5.85. The van der Waals surface area contributed by atoms with E-state index in [2.05, 4.69) is 24.1 Å². The Morgan fingerprint density at radius 3 is 2.27 bits per heavy atom. The molecule has 0 spiro atoms. The van der Waals surface area contributed by atoms with Gasteiger partial charge in [-0.25, -0.2) is 4.39 Å². The molecular formula is C20H35Cl2FN2O. The van der Waals surface area contributed by atoms with E-state index in [4.69, 9.17) is 0 Å². The second-order valence-electron chi connectivity index (χ2n) is 7.44. The summed E-state index contributed by atoms with van der Waals surface area (Å²) in [5.41, 5.74) is 0.783. The Balaban J connectivity index is 0.00000312. The quantitative estimate of drug-likeness (QED) is 0.586. The summed E-state index contributed by atoms with van der Waals surface area (Å²) in [5.74, 6) is 0.237. The van der Waals surface area contributed by atoms with Crippen LogP contribution in [-0.4, -0.2) is 42.2 Å². The summed E-state index contributed by atoms with van der Waals surface area (Å²) in [7, 11) is 0. The van der Waals surface area contributed by atoms with Gasteiger partial charge in [0, 0.05) is 6.04 Å². The lowest BCUT2D eigenvalue weighted by Crippen LogP contribution is -2.38. The molecule has 3 nitrogen and oxygen atoms in total. The van der Waals surface area contributed by atoms with Gasteiger partial charge in [0.15, 0.2) is 0 Å². The van der Waals surface area contributed by atoms with Crippen molar-refractivity contribution >= 4 is 24.8 Å². The highest BCUT2D eigenvalue weighted by atomic mass is 35.5. The largest absolute Gasteiger partial charge is 0.387 e. The molecule has 0 radical (unpaired) electrons. The van der Waals surface area contributed by atoms with E-state index >= 15 is 0 Å². The molecule has 1 aliphatic heterocycles. The Hall–Kier alpha value is -0.390. The van der Waals surface area contributed by atoms with Gasteiger partial charge in [0.05, 0.1) is 6.10 Å². The molecule has 0 saturated carbocycles. The van der Waals surface area contributed by atoms with Gasteiger partial charge in [0.1, 0.15) is 5.82 Å². The van der Waals surface area contributed by atoms with Gasteiger partial charge >= 0.3 is 0 Å². The van der Waals surface area contributed by atoms with Crippen LogP contribution < -0.4 is 5.32 Å². The summed E-state index contributed by atoms with van der Waals surface area (Å²) in [5, 5.41) is 14.2. The molecule has 2 rings (SSSR count). The van der Waals surface area contributed by atoms with Crippen molar-refractivity contribution in [2.24, 2.45) is 5.92 Å². The third kappa shape index (κ3) is 9.01. The van der Waals surface area contributed by atoms with Gasteiger partial charge in [0.25, 0.3) is 0 Å². The number of piperidine rings is 1. The zero-order valence-electron chi connectivity index (χ0n) is 16.0. The fraction of sp³-hybridized carbons (Fsp3) is 0.700. The molecule has 1 aromatic carbocycles. The number of hydrogen-bond acceptors (Lipinski definition) is 3. The summed E-state index contributed by atoms with van der Waals surface area (Å²) < 4.78 is 13.1. The second kappa shape index (κ2) is 13.7. The smallest absolute Gasteiger partial charge is 0.123 e. The predicted octanol–water partition coefficient (Wildman–Crippen LogP) is 4.58. The Bertz CT molecular complexity index is 467. The Morgan fingerprint density at radius 1 is 1.08 bits per heavy atom. The number of hydrogen-bond donors (Lipinski definition) is 2. The van der Waals surface area contributed by atoms with Crippen LogP contribution in [0.3, 0.4) is 0 Å². The summed E-state index contributed by atoms with van der Waals surface area (Å²) >= 11 is 0. The van der Waals surface area contributed by atoms with Gasteiger partial charge < -0.3 is 15.3 Å². The van der Waals surface area contributed by atoms with Crippen LogP contribution in [0, 0.1) is 11.7 Å². The fourth-order valence-electron chi connectivity index (χ4n) is 3.50. The Labute approximate surface area is 170 Å². The van der Waals surface area contributed by atoms with E-state index in [1.165, 1.54) is 44.5 Å². The molecule has 0 bridgehead atoms. The number of nitrogens with one attached hydrogen (secondary N) is 1. The van der Waals surface area contributed by atoms with Crippen molar-refractivity contribution in [1.29, 1.82) is 0 Å². The zero-order valence-corrected chi connectivity index (χ0v) is 17.6. The average Bonchev–Trinajstić information content (AvgIpc) is 2.58. The number of aliphatic hydroxyl groups is 1. The van der Waals surface area contributed by atoms with Crippen LogP contribution in [0.5, 0.6) is 0 Å². The Morgan fingerprint density at radius 2 is 1.69 bits per heavy atom. The molecule has 2 unspecified atom stereocenters. The minimum Gasteiger partial charge on any atom is -0.387 e. The van der Waals surface area contributed by atoms with Crippen LogP contribution in [0.25, 0.3) is 0 Å². The van der Waals surface area contributed by atoms with Gasteiger partial charge in [-0.15, -0.1) is 24.8 Å².